The van der Waals surface area contributed by atoms with Crippen LogP contribution in [-0.2, 0) is 0 Å². The molecule has 0 radical (unpaired) electrons. The third kappa shape index (κ3) is 2.51. The molecule has 1 saturated carbocycles. The SMILES string of the molecule is CC(Nc1cc(C(=O)O)ccc1C(N)=O)=C1CC1. The van der Waals surface area contributed by atoms with Crippen LogP contribution in [0.1, 0.15) is 40.5 Å². The third-order valence-corrected chi connectivity index (χ3v) is 2.88. The van der Waals surface area contributed by atoms with E-state index in [0.717, 1.165) is 18.5 Å². The number of rotatable bonds is 4. The molecule has 0 spiro atoms. The second-order valence-electron chi connectivity index (χ2n) is 4.28. The molecule has 0 heterocycles. The molecule has 0 aromatic heterocycles. The van der Waals surface area contributed by atoms with E-state index in [1.165, 1.54) is 23.8 Å². The first-order valence-electron chi connectivity index (χ1n) is 5.62. The summed E-state index contributed by atoms with van der Waals surface area (Å²) < 4.78 is 0. The maximum Gasteiger partial charge on any atom is 0.335 e. The van der Waals surface area contributed by atoms with Gasteiger partial charge in [-0.05, 0) is 38.0 Å². The van der Waals surface area contributed by atoms with Crippen molar-refractivity contribution < 1.29 is 14.7 Å². The van der Waals surface area contributed by atoms with Crippen LogP contribution in [-0.4, -0.2) is 17.0 Å². The quantitative estimate of drug-likeness (QED) is 0.757. The van der Waals surface area contributed by atoms with Gasteiger partial charge in [0.15, 0.2) is 0 Å². The minimum atomic E-state index is -1.04. The molecule has 0 aliphatic heterocycles. The van der Waals surface area contributed by atoms with Crippen LogP contribution in [0.4, 0.5) is 5.69 Å². The van der Waals surface area contributed by atoms with E-state index in [1.807, 2.05) is 6.92 Å². The third-order valence-electron chi connectivity index (χ3n) is 2.88. The average molecular weight is 246 g/mol. The lowest BCUT2D eigenvalue weighted by Gasteiger charge is -2.11. The summed E-state index contributed by atoms with van der Waals surface area (Å²) in [5.74, 6) is -1.62. The number of carboxylic acid groups (broad SMARTS) is 1. The molecule has 0 atom stereocenters. The number of carbonyl (C=O) groups is 2. The van der Waals surface area contributed by atoms with Gasteiger partial charge in [-0.3, -0.25) is 4.79 Å². The van der Waals surface area contributed by atoms with E-state index in [4.69, 9.17) is 10.8 Å². The van der Waals surface area contributed by atoms with E-state index >= 15 is 0 Å². The number of aromatic carboxylic acids is 1. The van der Waals surface area contributed by atoms with Gasteiger partial charge in [0.05, 0.1) is 16.8 Å². The number of carboxylic acids is 1. The van der Waals surface area contributed by atoms with Gasteiger partial charge in [0.2, 0.25) is 0 Å². The number of hydrogen-bond donors (Lipinski definition) is 3. The Bertz CT molecular complexity index is 555. The summed E-state index contributed by atoms with van der Waals surface area (Å²) in [6.45, 7) is 1.90. The van der Waals surface area contributed by atoms with Crippen molar-refractivity contribution >= 4 is 17.6 Å². The molecule has 1 aliphatic carbocycles. The first-order valence-corrected chi connectivity index (χ1v) is 5.62. The van der Waals surface area contributed by atoms with E-state index in [9.17, 15) is 9.59 Å². The van der Waals surface area contributed by atoms with Crippen LogP contribution in [0.5, 0.6) is 0 Å². The zero-order valence-electron chi connectivity index (χ0n) is 9.99. The Hall–Kier alpha value is -2.30. The van der Waals surface area contributed by atoms with Crippen molar-refractivity contribution in [1.29, 1.82) is 0 Å². The van der Waals surface area contributed by atoms with Crippen molar-refractivity contribution in [3.8, 4) is 0 Å². The largest absolute Gasteiger partial charge is 0.478 e. The van der Waals surface area contributed by atoms with E-state index < -0.39 is 11.9 Å². The minimum absolute atomic E-state index is 0.121. The summed E-state index contributed by atoms with van der Waals surface area (Å²) >= 11 is 0. The second-order valence-corrected chi connectivity index (χ2v) is 4.28. The highest BCUT2D eigenvalue weighted by molar-refractivity contribution is 6.00. The highest BCUT2D eigenvalue weighted by Gasteiger charge is 2.17. The van der Waals surface area contributed by atoms with Gasteiger partial charge in [0, 0.05) is 5.70 Å². The number of allylic oxidation sites excluding steroid dienone is 2. The number of primary amides is 1. The zero-order chi connectivity index (χ0) is 13.3. The second kappa shape index (κ2) is 4.52. The highest BCUT2D eigenvalue weighted by atomic mass is 16.4. The lowest BCUT2D eigenvalue weighted by atomic mass is 10.1. The summed E-state index contributed by atoms with van der Waals surface area (Å²) in [6, 6.07) is 4.22. The number of anilines is 1. The molecule has 5 heteroatoms. The van der Waals surface area contributed by atoms with Crippen LogP contribution in [0.25, 0.3) is 0 Å². The predicted molar refractivity (Wildman–Crippen MR) is 67.5 cm³/mol. The number of carbonyl (C=O) groups excluding carboxylic acids is 1. The Labute approximate surface area is 104 Å². The molecule has 1 aromatic carbocycles. The molecule has 5 nitrogen and oxygen atoms in total. The maximum atomic E-state index is 11.3. The Morgan fingerprint density at radius 2 is 2.00 bits per heavy atom. The number of nitrogens with two attached hydrogens (primary N) is 1. The summed E-state index contributed by atoms with van der Waals surface area (Å²) in [6.07, 6.45) is 2.09. The Morgan fingerprint density at radius 1 is 1.33 bits per heavy atom. The van der Waals surface area contributed by atoms with Gasteiger partial charge >= 0.3 is 5.97 Å². The van der Waals surface area contributed by atoms with Crippen LogP contribution in [0, 0.1) is 0 Å². The molecule has 94 valence electrons. The smallest absolute Gasteiger partial charge is 0.335 e. The first-order chi connectivity index (χ1) is 8.49. The molecule has 0 unspecified atom stereocenters. The average Bonchev–Trinajstić information content (AvgIpc) is 3.12. The lowest BCUT2D eigenvalue weighted by Crippen LogP contribution is -2.15. The maximum absolute atomic E-state index is 11.3. The Morgan fingerprint density at radius 3 is 2.50 bits per heavy atom. The first kappa shape index (κ1) is 12.2. The number of nitrogens with one attached hydrogen (secondary N) is 1. The number of benzene rings is 1. The molecule has 0 saturated heterocycles. The molecular formula is C13H14N2O3. The Kier molecular flexibility index (Phi) is 3.06. The predicted octanol–water partition coefficient (Wildman–Crippen LogP) is 1.96. The van der Waals surface area contributed by atoms with Crippen molar-refractivity contribution in [1.82, 2.24) is 0 Å². The molecular weight excluding hydrogens is 232 g/mol. The van der Waals surface area contributed by atoms with Gasteiger partial charge in [0.1, 0.15) is 0 Å². The molecule has 18 heavy (non-hydrogen) atoms. The van der Waals surface area contributed by atoms with Crippen LogP contribution in [0.15, 0.2) is 29.5 Å². The van der Waals surface area contributed by atoms with Crippen molar-refractivity contribution in [3.05, 3.63) is 40.6 Å². The fourth-order valence-corrected chi connectivity index (χ4v) is 1.72. The zero-order valence-corrected chi connectivity index (χ0v) is 9.99. The number of hydrogen-bond acceptors (Lipinski definition) is 3. The van der Waals surface area contributed by atoms with Gasteiger partial charge in [-0.1, -0.05) is 5.57 Å². The standard InChI is InChI=1S/C13H14N2O3/c1-7(8-2-3-8)15-11-6-9(13(17)18)4-5-10(11)12(14)16/h4-6,15H,2-3H2,1H3,(H2,14,16)(H,17,18). The number of amides is 1. The normalized spacial score (nSPS) is 13.1. The fourth-order valence-electron chi connectivity index (χ4n) is 1.72. The monoisotopic (exact) mass is 246 g/mol. The van der Waals surface area contributed by atoms with E-state index in [2.05, 4.69) is 5.32 Å². The molecule has 1 aliphatic rings. The van der Waals surface area contributed by atoms with E-state index in [1.54, 1.807) is 0 Å². The summed E-state index contributed by atoms with van der Waals surface area (Å²) in [5.41, 5.74) is 8.37. The topological polar surface area (TPSA) is 92.4 Å². The lowest BCUT2D eigenvalue weighted by molar-refractivity contribution is 0.0696. The summed E-state index contributed by atoms with van der Waals surface area (Å²) in [5, 5.41) is 12.0. The van der Waals surface area contributed by atoms with E-state index in [-0.39, 0.29) is 5.56 Å². The van der Waals surface area contributed by atoms with Crippen LogP contribution in [0.3, 0.4) is 0 Å². The van der Waals surface area contributed by atoms with Gasteiger partial charge in [-0.2, -0.15) is 0 Å². The summed E-state index contributed by atoms with van der Waals surface area (Å²) in [4.78, 5) is 22.2. The van der Waals surface area contributed by atoms with Crippen molar-refractivity contribution in [2.45, 2.75) is 19.8 Å². The van der Waals surface area contributed by atoms with Gasteiger partial charge < -0.3 is 16.2 Å². The van der Waals surface area contributed by atoms with Crippen LogP contribution >= 0.6 is 0 Å². The Balaban J connectivity index is 2.40. The van der Waals surface area contributed by atoms with Crippen molar-refractivity contribution in [3.63, 3.8) is 0 Å². The van der Waals surface area contributed by atoms with Gasteiger partial charge in [-0.25, -0.2) is 4.79 Å². The van der Waals surface area contributed by atoms with Crippen molar-refractivity contribution in [2.75, 3.05) is 5.32 Å². The molecule has 1 aromatic rings. The van der Waals surface area contributed by atoms with Crippen LogP contribution < -0.4 is 11.1 Å². The molecule has 1 fully saturated rings. The molecule has 1 amide bonds. The minimum Gasteiger partial charge on any atom is -0.478 e. The highest BCUT2D eigenvalue weighted by Crippen LogP contribution is 2.32. The molecule has 2 rings (SSSR count). The van der Waals surface area contributed by atoms with Crippen molar-refractivity contribution in [2.24, 2.45) is 5.73 Å². The van der Waals surface area contributed by atoms with E-state index in [0.29, 0.717) is 11.3 Å². The van der Waals surface area contributed by atoms with Gasteiger partial charge in [0.25, 0.3) is 5.91 Å². The summed E-state index contributed by atoms with van der Waals surface area (Å²) in [7, 11) is 0. The fraction of sp³-hybridized carbons (Fsp3) is 0.231. The molecule has 0 bridgehead atoms. The van der Waals surface area contributed by atoms with Crippen LogP contribution in [0.2, 0.25) is 0 Å². The molecule has 4 N–H and O–H groups in total. The van der Waals surface area contributed by atoms with Gasteiger partial charge in [-0.15, -0.1) is 0 Å².